The van der Waals surface area contributed by atoms with Crippen LogP contribution in [0.4, 0.5) is 24.7 Å². The molecule has 1 saturated carbocycles. The van der Waals surface area contributed by atoms with Crippen molar-refractivity contribution in [3.63, 3.8) is 0 Å². The molecule has 9 nitrogen and oxygen atoms in total. The average molecular weight is 535 g/mol. The summed E-state index contributed by atoms with van der Waals surface area (Å²) in [5.74, 6) is 0.797. The maximum absolute atomic E-state index is 13.0. The number of alkyl halides is 3. The zero-order chi connectivity index (χ0) is 27.7. The van der Waals surface area contributed by atoms with Gasteiger partial charge in [0.2, 0.25) is 5.89 Å². The Balaban J connectivity index is 1.49. The highest BCUT2D eigenvalue weighted by atomic mass is 19.4. The number of aliphatic hydroxyl groups is 1. The quantitative estimate of drug-likeness (QED) is 0.336. The number of amides is 1. The van der Waals surface area contributed by atoms with E-state index < -0.39 is 24.2 Å². The van der Waals surface area contributed by atoms with Gasteiger partial charge in [-0.1, -0.05) is 13.8 Å². The number of anilines is 2. The van der Waals surface area contributed by atoms with E-state index in [4.69, 9.17) is 4.42 Å². The predicted molar refractivity (Wildman–Crippen MR) is 136 cm³/mol. The molecule has 1 aliphatic carbocycles. The Bertz CT molecular complexity index is 1250. The summed E-state index contributed by atoms with van der Waals surface area (Å²) in [4.78, 5) is 21.1. The number of oxazole rings is 1. The Morgan fingerprint density at radius 3 is 2.58 bits per heavy atom. The van der Waals surface area contributed by atoms with Gasteiger partial charge >= 0.3 is 6.18 Å². The van der Waals surface area contributed by atoms with Gasteiger partial charge in [-0.3, -0.25) is 9.48 Å². The molecule has 3 N–H and O–H groups in total. The van der Waals surface area contributed by atoms with Gasteiger partial charge in [0.05, 0.1) is 11.7 Å². The van der Waals surface area contributed by atoms with Crippen molar-refractivity contribution in [3.8, 4) is 11.5 Å². The van der Waals surface area contributed by atoms with E-state index in [0.717, 1.165) is 31.9 Å². The highest BCUT2D eigenvalue weighted by Crippen LogP contribution is 2.37. The summed E-state index contributed by atoms with van der Waals surface area (Å²) in [6.07, 6.45) is 3.98. The van der Waals surface area contributed by atoms with E-state index in [1.807, 2.05) is 4.68 Å². The fraction of sp³-hybridized carbons (Fsp3) is 0.538. The summed E-state index contributed by atoms with van der Waals surface area (Å²) in [6.45, 7) is 6.46. The molecule has 1 aliphatic rings. The molecular weight excluding hydrogens is 501 g/mol. The number of nitrogens with zero attached hydrogens (tertiary/aromatic N) is 4. The molecule has 3 aromatic heterocycles. The molecule has 0 radical (unpaired) electrons. The highest BCUT2D eigenvalue weighted by molar-refractivity contribution is 6.03. The SMILES string of the molecule is CC(C)[C@H]1CC[C@@H](n2cc(NC(=O)c3coc(-c4ccnc(NCC(F)(F)F)c4)n3)c(C(C)(C)O)n2)CC1. The molecule has 0 aliphatic heterocycles. The highest BCUT2D eigenvalue weighted by Gasteiger charge is 2.30. The molecule has 0 aromatic carbocycles. The van der Waals surface area contributed by atoms with Crippen molar-refractivity contribution in [1.29, 1.82) is 0 Å². The molecular formula is C26H33F3N6O3. The Labute approximate surface area is 218 Å². The van der Waals surface area contributed by atoms with Crippen LogP contribution in [0.1, 0.15) is 75.6 Å². The Kier molecular flexibility index (Phi) is 7.82. The van der Waals surface area contributed by atoms with E-state index in [2.05, 4.69) is 39.5 Å². The number of nitrogens with one attached hydrogen (secondary N) is 2. The summed E-state index contributed by atoms with van der Waals surface area (Å²) in [5, 5.41) is 20.3. The average Bonchev–Trinajstić information content (AvgIpc) is 3.50. The molecule has 12 heteroatoms. The van der Waals surface area contributed by atoms with Crippen LogP contribution in [0.25, 0.3) is 11.5 Å². The normalized spacial score (nSPS) is 18.6. The molecule has 1 amide bonds. The van der Waals surface area contributed by atoms with Gasteiger partial charge in [-0.05, 0) is 63.5 Å². The topological polar surface area (TPSA) is 118 Å². The van der Waals surface area contributed by atoms with Crippen LogP contribution in [0, 0.1) is 11.8 Å². The van der Waals surface area contributed by atoms with E-state index in [0.29, 0.717) is 28.8 Å². The first kappa shape index (κ1) is 27.6. The number of carbonyl (C=O) groups excluding carboxylic acids is 1. The van der Waals surface area contributed by atoms with E-state index in [9.17, 15) is 23.1 Å². The lowest BCUT2D eigenvalue weighted by Gasteiger charge is -2.31. The Morgan fingerprint density at radius 2 is 1.95 bits per heavy atom. The van der Waals surface area contributed by atoms with Gasteiger partial charge in [0.1, 0.15) is 29.9 Å². The van der Waals surface area contributed by atoms with Crippen LogP contribution in [-0.2, 0) is 5.60 Å². The zero-order valence-electron chi connectivity index (χ0n) is 21.8. The van der Waals surface area contributed by atoms with E-state index in [1.165, 1.54) is 18.3 Å². The second-order valence-electron chi connectivity index (χ2n) is 10.6. The molecule has 3 heterocycles. The molecule has 38 heavy (non-hydrogen) atoms. The number of carbonyl (C=O) groups is 1. The first-order valence-electron chi connectivity index (χ1n) is 12.7. The van der Waals surface area contributed by atoms with Gasteiger partial charge in [-0.2, -0.15) is 18.3 Å². The van der Waals surface area contributed by atoms with Crippen molar-refractivity contribution in [1.82, 2.24) is 19.7 Å². The van der Waals surface area contributed by atoms with Crippen LogP contribution < -0.4 is 10.6 Å². The molecule has 0 atom stereocenters. The van der Waals surface area contributed by atoms with Crippen LogP contribution in [-0.4, -0.2) is 43.5 Å². The maximum Gasteiger partial charge on any atom is 0.405 e. The maximum atomic E-state index is 13.0. The number of hydrogen-bond donors (Lipinski definition) is 3. The van der Waals surface area contributed by atoms with Gasteiger partial charge in [-0.25, -0.2) is 9.97 Å². The molecule has 3 aromatic rings. The van der Waals surface area contributed by atoms with Gasteiger partial charge in [0.15, 0.2) is 5.69 Å². The molecule has 1 fully saturated rings. The van der Waals surface area contributed by atoms with Crippen molar-refractivity contribution in [3.05, 3.63) is 42.2 Å². The van der Waals surface area contributed by atoms with E-state index >= 15 is 0 Å². The van der Waals surface area contributed by atoms with Crippen LogP contribution in [0.2, 0.25) is 0 Å². The number of hydrogen-bond acceptors (Lipinski definition) is 7. The summed E-state index contributed by atoms with van der Waals surface area (Å²) in [7, 11) is 0. The van der Waals surface area contributed by atoms with Crippen molar-refractivity contribution in [2.24, 2.45) is 11.8 Å². The van der Waals surface area contributed by atoms with Crippen LogP contribution in [0.5, 0.6) is 0 Å². The Morgan fingerprint density at radius 1 is 1.24 bits per heavy atom. The fourth-order valence-electron chi connectivity index (χ4n) is 4.70. The summed E-state index contributed by atoms with van der Waals surface area (Å²) < 4.78 is 44.8. The summed E-state index contributed by atoms with van der Waals surface area (Å²) in [6, 6.07) is 3.04. The second kappa shape index (κ2) is 10.8. The van der Waals surface area contributed by atoms with Gasteiger partial charge in [0, 0.05) is 18.0 Å². The number of halogens is 3. The molecule has 206 valence electrons. The van der Waals surface area contributed by atoms with Crippen molar-refractivity contribution >= 4 is 17.4 Å². The third-order valence-electron chi connectivity index (χ3n) is 6.83. The first-order valence-corrected chi connectivity index (χ1v) is 12.7. The smallest absolute Gasteiger partial charge is 0.405 e. The lowest BCUT2D eigenvalue weighted by molar-refractivity contribution is -0.115. The third-order valence-corrected chi connectivity index (χ3v) is 6.83. The third kappa shape index (κ3) is 6.72. The molecule has 4 rings (SSSR count). The lowest BCUT2D eigenvalue weighted by Crippen LogP contribution is -2.23. The lowest BCUT2D eigenvalue weighted by atomic mass is 9.80. The minimum atomic E-state index is -4.39. The largest absolute Gasteiger partial charge is 0.444 e. The van der Waals surface area contributed by atoms with E-state index in [1.54, 1.807) is 20.0 Å². The molecule has 0 unspecified atom stereocenters. The second-order valence-corrected chi connectivity index (χ2v) is 10.6. The standard InChI is InChI=1S/C26H33F3N6O3/c1-15(2)16-5-7-18(8-6-16)35-12-19(22(34-35)25(3,4)37)32-23(36)20-13-38-24(33-20)17-9-10-30-21(11-17)31-14-26(27,28)29/h9-13,15-16,18,37H,5-8,14H2,1-4H3,(H,30,31)(H,32,36)/t16-,18+. The van der Waals surface area contributed by atoms with Crippen LogP contribution in [0.3, 0.4) is 0 Å². The number of rotatable bonds is 8. The van der Waals surface area contributed by atoms with Gasteiger partial charge in [-0.15, -0.1) is 0 Å². The van der Waals surface area contributed by atoms with E-state index in [-0.39, 0.29) is 23.4 Å². The number of aromatic nitrogens is 4. The minimum Gasteiger partial charge on any atom is -0.444 e. The minimum absolute atomic E-state index is 0.00585. The Hall–Kier alpha value is -3.41. The zero-order valence-corrected chi connectivity index (χ0v) is 21.8. The molecule has 0 saturated heterocycles. The van der Waals surface area contributed by atoms with Crippen molar-refractivity contribution in [2.75, 3.05) is 17.2 Å². The van der Waals surface area contributed by atoms with Gasteiger partial charge in [0.25, 0.3) is 5.91 Å². The number of pyridine rings is 1. The van der Waals surface area contributed by atoms with Gasteiger partial charge < -0.3 is 20.2 Å². The van der Waals surface area contributed by atoms with Crippen molar-refractivity contribution < 1.29 is 27.5 Å². The fourth-order valence-corrected chi connectivity index (χ4v) is 4.70. The monoisotopic (exact) mass is 534 g/mol. The molecule has 0 spiro atoms. The van der Waals surface area contributed by atoms with Crippen LogP contribution in [0.15, 0.2) is 35.2 Å². The molecule has 0 bridgehead atoms. The summed E-state index contributed by atoms with van der Waals surface area (Å²) >= 11 is 0. The van der Waals surface area contributed by atoms with Crippen LogP contribution >= 0.6 is 0 Å². The summed E-state index contributed by atoms with van der Waals surface area (Å²) in [5.41, 5.74) is -0.260. The van der Waals surface area contributed by atoms with Crippen molar-refractivity contribution in [2.45, 2.75) is 71.2 Å². The first-order chi connectivity index (χ1) is 17.8. The predicted octanol–water partition coefficient (Wildman–Crippen LogP) is 5.77.